The zero-order valence-electron chi connectivity index (χ0n) is 8.11. The van der Waals surface area contributed by atoms with Crippen LogP contribution < -0.4 is 4.90 Å². The molecule has 0 amide bonds. The van der Waals surface area contributed by atoms with Gasteiger partial charge in [0, 0.05) is 38.0 Å². The van der Waals surface area contributed by atoms with Gasteiger partial charge in [-0.3, -0.25) is 4.40 Å². The van der Waals surface area contributed by atoms with Gasteiger partial charge in [-0.05, 0) is 0 Å². The molecular weight excluding hydrogens is 194 g/mol. The third-order valence-electron chi connectivity index (χ3n) is 2.71. The molecule has 1 aliphatic rings. The Morgan fingerprint density at radius 1 is 1.47 bits per heavy atom. The predicted molar refractivity (Wildman–Crippen MR) is 53.6 cm³/mol. The van der Waals surface area contributed by atoms with Crippen molar-refractivity contribution in [2.24, 2.45) is 5.92 Å². The van der Waals surface area contributed by atoms with E-state index in [1.54, 1.807) is 12.5 Å². The van der Waals surface area contributed by atoms with Crippen molar-refractivity contribution in [3.05, 3.63) is 18.7 Å². The van der Waals surface area contributed by atoms with Crippen LogP contribution in [0.1, 0.15) is 0 Å². The van der Waals surface area contributed by atoms with Crippen molar-refractivity contribution in [2.75, 3.05) is 24.6 Å². The monoisotopic (exact) mass is 205 g/mol. The smallest absolute Gasteiger partial charge is 0.203 e. The molecule has 0 unspecified atom stereocenters. The fraction of sp³-hybridized carbons (Fsp3) is 0.444. The molecule has 0 radical (unpaired) electrons. The molecule has 1 fully saturated rings. The molecule has 1 saturated heterocycles. The van der Waals surface area contributed by atoms with Crippen LogP contribution in [0.4, 0.5) is 5.82 Å². The van der Waals surface area contributed by atoms with Crippen LogP contribution in [-0.2, 0) is 0 Å². The summed E-state index contributed by atoms with van der Waals surface area (Å²) in [4.78, 5) is 6.39. The molecule has 0 bridgehead atoms. The first-order valence-corrected chi connectivity index (χ1v) is 4.88. The van der Waals surface area contributed by atoms with Crippen LogP contribution >= 0.6 is 0 Å². The van der Waals surface area contributed by atoms with Gasteiger partial charge in [0.05, 0.1) is 0 Å². The lowest BCUT2D eigenvalue weighted by Crippen LogP contribution is -2.49. The van der Waals surface area contributed by atoms with Crippen LogP contribution in [0.3, 0.4) is 0 Å². The molecule has 1 N–H and O–H groups in total. The summed E-state index contributed by atoms with van der Waals surface area (Å²) in [6, 6.07) is 0. The van der Waals surface area contributed by atoms with E-state index < -0.39 is 0 Å². The van der Waals surface area contributed by atoms with E-state index in [2.05, 4.69) is 20.1 Å². The lowest BCUT2D eigenvalue weighted by molar-refractivity contribution is 0.200. The van der Waals surface area contributed by atoms with E-state index in [1.165, 1.54) is 0 Å². The summed E-state index contributed by atoms with van der Waals surface area (Å²) < 4.78 is 1.84. The maximum absolute atomic E-state index is 8.94. The van der Waals surface area contributed by atoms with E-state index >= 15 is 0 Å². The Morgan fingerprint density at radius 2 is 2.33 bits per heavy atom. The Morgan fingerprint density at radius 3 is 3.13 bits per heavy atom. The van der Waals surface area contributed by atoms with E-state index in [0.717, 1.165) is 24.6 Å². The molecule has 6 heteroatoms. The molecule has 3 heterocycles. The summed E-state index contributed by atoms with van der Waals surface area (Å²) in [6.45, 7) is 1.93. The summed E-state index contributed by atoms with van der Waals surface area (Å²) in [7, 11) is 0. The second kappa shape index (κ2) is 3.16. The van der Waals surface area contributed by atoms with Crippen LogP contribution in [-0.4, -0.2) is 44.4 Å². The summed E-state index contributed by atoms with van der Waals surface area (Å²) >= 11 is 0. The van der Waals surface area contributed by atoms with E-state index in [1.807, 2.05) is 10.6 Å². The molecule has 6 nitrogen and oxygen atoms in total. The Balaban J connectivity index is 1.95. The Hall–Kier alpha value is -1.69. The quantitative estimate of drug-likeness (QED) is 0.719. The summed E-state index contributed by atoms with van der Waals surface area (Å²) in [5, 5.41) is 16.8. The fourth-order valence-electron chi connectivity index (χ4n) is 1.83. The summed E-state index contributed by atoms with van der Waals surface area (Å²) in [5.74, 6) is 1.22. The molecule has 2 aromatic rings. The number of rotatable bonds is 2. The van der Waals surface area contributed by atoms with Gasteiger partial charge in [-0.1, -0.05) is 0 Å². The topological polar surface area (TPSA) is 66.5 Å². The third-order valence-corrected chi connectivity index (χ3v) is 2.71. The maximum atomic E-state index is 8.94. The van der Waals surface area contributed by atoms with Gasteiger partial charge in [0.2, 0.25) is 5.65 Å². The van der Waals surface area contributed by atoms with Crippen LogP contribution in [0.25, 0.3) is 5.65 Å². The van der Waals surface area contributed by atoms with Crippen molar-refractivity contribution in [2.45, 2.75) is 0 Å². The Labute approximate surface area is 86.2 Å². The molecule has 3 rings (SSSR count). The van der Waals surface area contributed by atoms with Crippen molar-refractivity contribution in [1.82, 2.24) is 19.6 Å². The minimum Gasteiger partial charge on any atom is -0.396 e. The molecule has 0 saturated carbocycles. The van der Waals surface area contributed by atoms with Gasteiger partial charge in [-0.2, -0.15) is 0 Å². The second-order valence-corrected chi connectivity index (χ2v) is 3.77. The highest BCUT2D eigenvalue weighted by atomic mass is 16.3. The highest BCUT2D eigenvalue weighted by Gasteiger charge is 2.28. The molecule has 78 valence electrons. The first-order valence-electron chi connectivity index (χ1n) is 4.88. The third kappa shape index (κ3) is 1.25. The Kier molecular flexibility index (Phi) is 1.81. The number of aliphatic hydroxyl groups is 1. The van der Waals surface area contributed by atoms with E-state index in [0.29, 0.717) is 5.92 Å². The summed E-state index contributed by atoms with van der Waals surface area (Å²) in [6.07, 6.45) is 5.21. The highest BCUT2D eigenvalue weighted by molar-refractivity contribution is 5.64. The first kappa shape index (κ1) is 8.60. The molecule has 0 spiro atoms. The SMILES string of the molecule is OCC1CN(c2nccn3cnnc23)C1. The average Bonchev–Trinajstić information content (AvgIpc) is 2.64. The molecule has 2 aromatic heterocycles. The van der Waals surface area contributed by atoms with Crippen LogP contribution in [0, 0.1) is 5.92 Å². The van der Waals surface area contributed by atoms with E-state index in [9.17, 15) is 0 Å². The zero-order chi connectivity index (χ0) is 10.3. The van der Waals surface area contributed by atoms with Gasteiger partial charge < -0.3 is 10.0 Å². The van der Waals surface area contributed by atoms with E-state index in [4.69, 9.17) is 5.11 Å². The highest BCUT2D eigenvalue weighted by Crippen LogP contribution is 2.24. The number of fused-ring (bicyclic) bond motifs is 1. The van der Waals surface area contributed by atoms with Gasteiger partial charge in [-0.25, -0.2) is 4.98 Å². The fourth-order valence-corrected chi connectivity index (χ4v) is 1.83. The van der Waals surface area contributed by atoms with E-state index in [-0.39, 0.29) is 6.61 Å². The minimum absolute atomic E-state index is 0.242. The molecule has 15 heavy (non-hydrogen) atoms. The van der Waals surface area contributed by atoms with Crippen LogP contribution in [0.2, 0.25) is 0 Å². The van der Waals surface area contributed by atoms with Gasteiger partial charge >= 0.3 is 0 Å². The first-order chi connectivity index (χ1) is 7.38. The minimum atomic E-state index is 0.242. The number of aromatic nitrogens is 4. The second-order valence-electron chi connectivity index (χ2n) is 3.77. The van der Waals surface area contributed by atoms with Crippen molar-refractivity contribution in [3.63, 3.8) is 0 Å². The van der Waals surface area contributed by atoms with Gasteiger partial charge in [0.1, 0.15) is 6.33 Å². The van der Waals surface area contributed by atoms with Crippen molar-refractivity contribution in [1.29, 1.82) is 0 Å². The normalized spacial score (nSPS) is 17.0. The lowest BCUT2D eigenvalue weighted by Gasteiger charge is -2.38. The summed E-state index contributed by atoms with van der Waals surface area (Å²) in [5.41, 5.74) is 0.772. The van der Waals surface area contributed by atoms with Crippen molar-refractivity contribution < 1.29 is 5.11 Å². The molecule has 0 aromatic carbocycles. The van der Waals surface area contributed by atoms with Gasteiger partial charge in [-0.15, -0.1) is 10.2 Å². The molecule has 0 atom stereocenters. The van der Waals surface area contributed by atoms with Gasteiger partial charge in [0.15, 0.2) is 5.82 Å². The number of anilines is 1. The number of aliphatic hydroxyl groups excluding tert-OH is 1. The number of hydrogen-bond acceptors (Lipinski definition) is 5. The van der Waals surface area contributed by atoms with Crippen LogP contribution in [0.5, 0.6) is 0 Å². The maximum Gasteiger partial charge on any atom is 0.203 e. The molecule has 0 aliphatic carbocycles. The van der Waals surface area contributed by atoms with Crippen molar-refractivity contribution in [3.8, 4) is 0 Å². The zero-order valence-corrected chi connectivity index (χ0v) is 8.11. The molecule has 1 aliphatic heterocycles. The number of nitrogens with zero attached hydrogens (tertiary/aromatic N) is 5. The number of hydrogen-bond donors (Lipinski definition) is 1. The molecular formula is C9H11N5O. The largest absolute Gasteiger partial charge is 0.396 e. The average molecular weight is 205 g/mol. The predicted octanol–water partition coefficient (Wildman–Crippen LogP) is -0.447. The standard InChI is InChI=1S/C9H11N5O/c15-5-7-3-14(4-7)8-9-12-11-6-13(9)2-1-10-8/h1-2,6-7,15H,3-5H2. The van der Waals surface area contributed by atoms with Crippen molar-refractivity contribution >= 4 is 11.5 Å². The van der Waals surface area contributed by atoms with Crippen LogP contribution in [0.15, 0.2) is 18.7 Å². The Bertz CT molecular complexity index is 476. The lowest BCUT2D eigenvalue weighted by atomic mass is 10.0. The van der Waals surface area contributed by atoms with Gasteiger partial charge in [0.25, 0.3) is 0 Å².